The second kappa shape index (κ2) is 5.54. The molecule has 0 aliphatic carbocycles. The Morgan fingerprint density at radius 1 is 1.42 bits per heavy atom. The maximum atomic E-state index is 12.9. The predicted molar refractivity (Wildman–Crippen MR) is 66.1 cm³/mol. The van der Waals surface area contributed by atoms with Gasteiger partial charge in [-0.2, -0.15) is 13.2 Å². The minimum atomic E-state index is -4.51. The molecule has 1 aliphatic rings. The molecule has 1 unspecified atom stereocenters. The largest absolute Gasteiger partial charge is 0.409 e. The standard InChI is InChI=1S/C11H21F3N4O/c1-10(2)7-18(5-4-17(10)3)6-8(9(15)16-19)11(12,13)14/h8,19H,4-7H2,1-3H3,(H2,15,16). The number of rotatable bonds is 3. The van der Waals surface area contributed by atoms with Crippen LogP contribution in [0.3, 0.4) is 0 Å². The minimum absolute atomic E-state index is 0.195. The molecule has 0 aromatic rings. The van der Waals surface area contributed by atoms with Crippen molar-refractivity contribution in [2.24, 2.45) is 16.8 Å². The van der Waals surface area contributed by atoms with E-state index in [0.717, 1.165) is 0 Å². The molecule has 5 nitrogen and oxygen atoms in total. The molecule has 0 aromatic heterocycles. The number of halogens is 3. The number of alkyl halides is 3. The van der Waals surface area contributed by atoms with Gasteiger partial charge >= 0.3 is 6.18 Å². The van der Waals surface area contributed by atoms with Crippen molar-refractivity contribution in [1.29, 1.82) is 0 Å². The van der Waals surface area contributed by atoms with Crippen LogP contribution in [0.4, 0.5) is 13.2 Å². The first-order valence-electron chi connectivity index (χ1n) is 6.05. The molecule has 1 rings (SSSR count). The van der Waals surface area contributed by atoms with Crippen LogP contribution in [-0.4, -0.2) is 65.8 Å². The van der Waals surface area contributed by atoms with Crippen LogP contribution in [0.1, 0.15) is 13.8 Å². The Bertz CT molecular complexity index is 343. The lowest BCUT2D eigenvalue weighted by Gasteiger charge is -2.46. The van der Waals surface area contributed by atoms with Gasteiger partial charge in [-0.15, -0.1) is 0 Å². The summed E-state index contributed by atoms with van der Waals surface area (Å²) in [6.07, 6.45) is -4.51. The summed E-state index contributed by atoms with van der Waals surface area (Å²) in [5.41, 5.74) is 4.96. The third kappa shape index (κ3) is 3.97. The zero-order valence-electron chi connectivity index (χ0n) is 11.4. The van der Waals surface area contributed by atoms with Gasteiger partial charge in [0.05, 0.1) is 0 Å². The molecule has 1 aliphatic heterocycles. The molecule has 1 atom stereocenters. The topological polar surface area (TPSA) is 65.1 Å². The first-order chi connectivity index (χ1) is 8.58. The van der Waals surface area contributed by atoms with Crippen molar-refractivity contribution in [1.82, 2.24) is 9.80 Å². The molecule has 0 amide bonds. The van der Waals surface area contributed by atoms with E-state index in [4.69, 9.17) is 10.9 Å². The highest BCUT2D eigenvalue weighted by molar-refractivity contribution is 5.83. The van der Waals surface area contributed by atoms with E-state index < -0.39 is 17.9 Å². The van der Waals surface area contributed by atoms with E-state index in [1.807, 2.05) is 20.9 Å². The van der Waals surface area contributed by atoms with Crippen molar-refractivity contribution in [3.63, 3.8) is 0 Å². The molecule has 1 fully saturated rings. The average Bonchev–Trinajstić information content (AvgIpc) is 2.27. The molecule has 0 saturated carbocycles. The Morgan fingerprint density at radius 3 is 2.42 bits per heavy atom. The van der Waals surface area contributed by atoms with Gasteiger partial charge in [-0.1, -0.05) is 5.16 Å². The molecule has 1 heterocycles. The summed E-state index contributed by atoms with van der Waals surface area (Å²) < 4.78 is 38.6. The van der Waals surface area contributed by atoms with Crippen molar-refractivity contribution < 1.29 is 18.4 Å². The lowest BCUT2D eigenvalue weighted by molar-refractivity contribution is -0.162. The van der Waals surface area contributed by atoms with Gasteiger partial charge in [0, 0.05) is 31.7 Å². The first kappa shape index (κ1) is 16.0. The summed E-state index contributed by atoms with van der Waals surface area (Å²) in [4.78, 5) is 3.81. The van der Waals surface area contributed by atoms with Crippen LogP contribution in [-0.2, 0) is 0 Å². The summed E-state index contributed by atoms with van der Waals surface area (Å²) >= 11 is 0. The molecule has 0 radical (unpaired) electrons. The van der Waals surface area contributed by atoms with Gasteiger partial charge in [-0.25, -0.2) is 0 Å². The van der Waals surface area contributed by atoms with Crippen molar-refractivity contribution in [2.45, 2.75) is 25.6 Å². The van der Waals surface area contributed by atoms with E-state index in [0.29, 0.717) is 19.6 Å². The fourth-order valence-electron chi connectivity index (χ4n) is 2.19. The second-order valence-electron chi connectivity index (χ2n) is 5.59. The van der Waals surface area contributed by atoms with Crippen LogP contribution in [0.25, 0.3) is 0 Å². The monoisotopic (exact) mass is 282 g/mol. The lowest BCUT2D eigenvalue weighted by atomic mass is 9.98. The van der Waals surface area contributed by atoms with Crippen molar-refractivity contribution in [2.75, 3.05) is 33.2 Å². The Kier molecular flexibility index (Phi) is 4.67. The van der Waals surface area contributed by atoms with Crippen LogP contribution in [0, 0.1) is 5.92 Å². The van der Waals surface area contributed by atoms with Gasteiger partial charge in [0.1, 0.15) is 5.92 Å². The number of likely N-dealkylation sites (N-methyl/N-ethyl adjacent to an activating group) is 1. The van der Waals surface area contributed by atoms with Gasteiger partial charge in [0.25, 0.3) is 0 Å². The second-order valence-corrected chi connectivity index (χ2v) is 5.59. The van der Waals surface area contributed by atoms with Gasteiger partial charge < -0.3 is 10.9 Å². The predicted octanol–water partition coefficient (Wildman–Crippen LogP) is 0.937. The smallest absolute Gasteiger partial charge is 0.400 e. The third-order valence-corrected chi connectivity index (χ3v) is 3.70. The maximum Gasteiger partial charge on any atom is 0.400 e. The number of hydrogen-bond acceptors (Lipinski definition) is 4. The fraction of sp³-hybridized carbons (Fsp3) is 0.909. The summed E-state index contributed by atoms with van der Waals surface area (Å²) in [6, 6.07) is 0. The molecule has 0 aromatic carbocycles. The van der Waals surface area contributed by atoms with E-state index >= 15 is 0 Å². The first-order valence-corrected chi connectivity index (χ1v) is 6.05. The molecular formula is C11H21F3N4O. The third-order valence-electron chi connectivity index (χ3n) is 3.70. The zero-order chi connectivity index (χ0) is 14.8. The number of nitrogens with zero attached hydrogens (tertiary/aromatic N) is 3. The van der Waals surface area contributed by atoms with Crippen LogP contribution in [0.15, 0.2) is 5.16 Å². The highest BCUT2D eigenvalue weighted by Crippen LogP contribution is 2.29. The van der Waals surface area contributed by atoms with E-state index in [2.05, 4.69) is 10.1 Å². The molecule has 112 valence electrons. The molecule has 0 bridgehead atoms. The number of hydrogen-bond donors (Lipinski definition) is 2. The van der Waals surface area contributed by atoms with Gasteiger partial charge in [-0.3, -0.25) is 9.80 Å². The summed E-state index contributed by atoms with van der Waals surface area (Å²) in [6.45, 7) is 5.40. The zero-order valence-corrected chi connectivity index (χ0v) is 11.4. The van der Waals surface area contributed by atoms with E-state index in [1.165, 1.54) is 0 Å². The van der Waals surface area contributed by atoms with Gasteiger partial charge in [-0.05, 0) is 20.9 Å². The highest BCUT2D eigenvalue weighted by atomic mass is 19.4. The lowest BCUT2D eigenvalue weighted by Crippen LogP contribution is -2.59. The van der Waals surface area contributed by atoms with Crippen LogP contribution in [0.5, 0.6) is 0 Å². The molecular weight excluding hydrogens is 261 g/mol. The Balaban J connectivity index is 2.76. The number of amidine groups is 1. The Morgan fingerprint density at radius 2 is 2.00 bits per heavy atom. The summed E-state index contributed by atoms with van der Waals surface area (Å²) in [5, 5.41) is 11.0. The molecule has 19 heavy (non-hydrogen) atoms. The highest BCUT2D eigenvalue weighted by Gasteiger charge is 2.45. The summed E-state index contributed by atoms with van der Waals surface area (Å²) in [7, 11) is 1.95. The maximum absolute atomic E-state index is 12.9. The van der Waals surface area contributed by atoms with E-state index in [-0.39, 0.29) is 12.1 Å². The molecule has 3 N–H and O–H groups in total. The molecule has 1 saturated heterocycles. The fourth-order valence-corrected chi connectivity index (χ4v) is 2.19. The van der Waals surface area contributed by atoms with Crippen LogP contribution in [0.2, 0.25) is 0 Å². The molecule has 0 spiro atoms. The Hall–Kier alpha value is -1.02. The van der Waals surface area contributed by atoms with Crippen LogP contribution >= 0.6 is 0 Å². The van der Waals surface area contributed by atoms with Crippen LogP contribution < -0.4 is 5.73 Å². The summed E-state index contributed by atoms with van der Waals surface area (Å²) in [5.74, 6) is -2.72. The number of piperazine rings is 1. The van der Waals surface area contributed by atoms with Gasteiger partial charge in [0.2, 0.25) is 0 Å². The van der Waals surface area contributed by atoms with E-state index in [9.17, 15) is 13.2 Å². The van der Waals surface area contributed by atoms with E-state index in [1.54, 1.807) is 4.90 Å². The normalized spacial score (nSPS) is 24.4. The average molecular weight is 282 g/mol. The molecule has 8 heteroatoms. The van der Waals surface area contributed by atoms with Gasteiger partial charge in [0.15, 0.2) is 5.84 Å². The van der Waals surface area contributed by atoms with Crippen molar-refractivity contribution >= 4 is 5.84 Å². The quantitative estimate of drug-likeness (QED) is 0.350. The number of nitrogens with two attached hydrogens (primary N) is 1. The van der Waals surface area contributed by atoms with Crippen molar-refractivity contribution in [3.05, 3.63) is 0 Å². The number of oxime groups is 1. The van der Waals surface area contributed by atoms with Crippen molar-refractivity contribution in [3.8, 4) is 0 Å². The minimum Gasteiger partial charge on any atom is -0.409 e. The SMILES string of the molecule is CN1CCN(CC(C(N)=NO)C(F)(F)F)CC1(C)C. The Labute approximate surface area is 110 Å².